The van der Waals surface area contributed by atoms with Crippen LogP contribution in [0.3, 0.4) is 0 Å². The molecule has 148 valence electrons. The molecule has 0 aliphatic carbocycles. The Morgan fingerprint density at radius 3 is 2.32 bits per heavy atom. The standard InChI is InChI=1S/C24H30N2O2/c1-16(2)23(28)26-14-6-7-18-15-20(12-13-21(18)26)25-22(27)17-8-10-19(11-9-17)24(3,4)5/h8-13,15-16H,6-7,14H2,1-5H3,(H,25,27). The van der Waals surface area contributed by atoms with E-state index in [4.69, 9.17) is 0 Å². The summed E-state index contributed by atoms with van der Waals surface area (Å²) in [6.45, 7) is 11.1. The number of aryl methyl sites for hydroxylation is 1. The predicted molar refractivity (Wildman–Crippen MR) is 115 cm³/mol. The van der Waals surface area contributed by atoms with E-state index in [1.54, 1.807) is 0 Å². The molecule has 1 N–H and O–H groups in total. The van der Waals surface area contributed by atoms with Crippen LogP contribution in [0, 0.1) is 5.92 Å². The molecule has 28 heavy (non-hydrogen) atoms. The van der Waals surface area contributed by atoms with E-state index < -0.39 is 0 Å². The fourth-order valence-corrected chi connectivity index (χ4v) is 3.54. The molecule has 2 aromatic rings. The average molecular weight is 379 g/mol. The van der Waals surface area contributed by atoms with Gasteiger partial charge in [-0.25, -0.2) is 0 Å². The monoisotopic (exact) mass is 378 g/mol. The van der Waals surface area contributed by atoms with E-state index in [0.717, 1.165) is 36.3 Å². The summed E-state index contributed by atoms with van der Waals surface area (Å²) in [5, 5.41) is 2.99. The van der Waals surface area contributed by atoms with Gasteiger partial charge < -0.3 is 10.2 Å². The molecule has 0 saturated heterocycles. The van der Waals surface area contributed by atoms with Gasteiger partial charge >= 0.3 is 0 Å². The van der Waals surface area contributed by atoms with E-state index in [9.17, 15) is 9.59 Å². The van der Waals surface area contributed by atoms with E-state index in [1.165, 1.54) is 5.56 Å². The first kappa shape index (κ1) is 20.1. The molecule has 0 unspecified atom stereocenters. The molecule has 1 aliphatic heterocycles. The summed E-state index contributed by atoms with van der Waals surface area (Å²) in [4.78, 5) is 27.0. The summed E-state index contributed by atoms with van der Waals surface area (Å²) < 4.78 is 0. The first-order valence-electron chi connectivity index (χ1n) is 10.0. The van der Waals surface area contributed by atoms with Crippen LogP contribution >= 0.6 is 0 Å². The highest BCUT2D eigenvalue weighted by Crippen LogP contribution is 2.31. The van der Waals surface area contributed by atoms with E-state index in [1.807, 2.05) is 61.2 Å². The lowest BCUT2D eigenvalue weighted by Crippen LogP contribution is -2.38. The number of hydrogen-bond donors (Lipinski definition) is 1. The van der Waals surface area contributed by atoms with Crippen molar-refractivity contribution in [2.24, 2.45) is 5.92 Å². The van der Waals surface area contributed by atoms with Gasteiger partial charge in [-0.15, -0.1) is 0 Å². The lowest BCUT2D eigenvalue weighted by molar-refractivity contribution is -0.121. The van der Waals surface area contributed by atoms with Crippen LogP contribution in [0.1, 0.15) is 62.5 Å². The molecule has 0 fully saturated rings. The highest BCUT2D eigenvalue weighted by atomic mass is 16.2. The fraction of sp³-hybridized carbons (Fsp3) is 0.417. The average Bonchev–Trinajstić information content (AvgIpc) is 2.66. The zero-order chi connectivity index (χ0) is 20.5. The van der Waals surface area contributed by atoms with Crippen molar-refractivity contribution in [3.63, 3.8) is 0 Å². The fourth-order valence-electron chi connectivity index (χ4n) is 3.54. The summed E-state index contributed by atoms with van der Waals surface area (Å²) >= 11 is 0. The summed E-state index contributed by atoms with van der Waals surface area (Å²) in [6, 6.07) is 13.6. The molecule has 4 nitrogen and oxygen atoms in total. The number of hydrogen-bond acceptors (Lipinski definition) is 2. The minimum absolute atomic E-state index is 0.0265. The highest BCUT2D eigenvalue weighted by Gasteiger charge is 2.24. The number of carbonyl (C=O) groups is 2. The first-order valence-corrected chi connectivity index (χ1v) is 10.0. The summed E-state index contributed by atoms with van der Waals surface area (Å²) in [6.07, 6.45) is 1.86. The summed E-state index contributed by atoms with van der Waals surface area (Å²) in [7, 11) is 0. The van der Waals surface area contributed by atoms with Gasteiger partial charge in [-0.05, 0) is 59.7 Å². The quantitative estimate of drug-likeness (QED) is 0.801. The topological polar surface area (TPSA) is 49.4 Å². The van der Waals surface area contributed by atoms with Crippen molar-refractivity contribution < 1.29 is 9.59 Å². The molecular formula is C24H30N2O2. The lowest BCUT2D eigenvalue weighted by atomic mass is 9.87. The molecule has 0 spiro atoms. The van der Waals surface area contributed by atoms with E-state index >= 15 is 0 Å². The van der Waals surface area contributed by atoms with E-state index in [2.05, 4.69) is 26.1 Å². The minimum atomic E-state index is -0.119. The number of fused-ring (bicyclic) bond motifs is 1. The Morgan fingerprint density at radius 1 is 1.04 bits per heavy atom. The molecule has 3 rings (SSSR count). The number of rotatable bonds is 3. The SMILES string of the molecule is CC(C)C(=O)N1CCCc2cc(NC(=O)c3ccc(C(C)(C)C)cc3)ccc21. The van der Waals surface area contributed by atoms with Crippen molar-refractivity contribution in [1.82, 2.24) is 0 Å². The van der Waals surface area contributed by atoms with Gasteiger partial charge in [0.05, 0.1) is 0 Å². The summed E-state index contributed by atoms with van der Waals surface area (Å²) in [5.74, 6) is 0.00408. The molecule has 1 heterocycles. The van der Waals surface area contributed by atoms with E-state index in [0.29, 0.717) is 5.56 Å². The van der Waals surface area contributed by atoms with Crippen LogP contribution in [-0.4, -0.2) is 18.4 Å². The lowest BCUT2D eigenvalue weighted by Gasteiger charge is -2.31. The van der Waals surface area contributed by atoms with Gasteiger partial charge in [-0.2, -0.15) is 0 Å². The van der Waals surface area contributed by atoms with Crippen LogP contribution in [0.15, 0.2) is 42.5 Å². The number of benzene rings is 2. The van der Waals surface area contributed by atoms with Gasteiger partial charge in [-0.3, -0.25) is 9.59 Å². The van der Waals surface area contributed by atoms with Crippen LogP contribution in [0.5, 0.6) is 0 Å². The van der Waals surface area contributed by atoms with Crippen molar-refractivity contribution in [3.05, 3.63) is 59.2 Å². The third-order valence-electron chi connectivity index (χ3n) is 5.23. The molecule has 4 heteroatoms. The Hall–Kier alpha value is -2.62. The second kappa shape index (κ2) is 7.78. The molecule has 0 bridgehead atoms. The van der Waals surface area contributed by atoms with Gasteiger partial charge in [-0.1, -0.05) is 46.8 Å². The third kappa shape index (κ3) is 4.27. The second-order valence-corrected chi connectivity index (χ2v) is 8.87. The Morgan fingerprint density at radius 2 is 1.71 bits per heavy atom. The zero-order valence-corrected chi connectivity index (χ0v) is 17.5. The maximum absolute atomic E-state index is 12.6. The van der Waals surface area contributed by atoms with Crippen molar-refractivity contribution >= 4 is 23.2 Å². The Bertz CT molecular complexity index is 876. The molecule has 0 aromatic heterocycles. The Kier molecular flexibility index (Phi) is 5.59. The van der Waals surface area contributed by atoms with Gasteiger partial charge in [0.15, 0.2) is 0 Å². The number of anilines is 2. The molecule has 2 amide bonds. The number of carbonyl (C=O) groups excluding carboxylic acids is 2. The predicted octanol–water partition coefficient (Wildman–Crippen LogP) is 5.17. The molecular weight excluding hydrogens is 348 g/mol. The van der Waals surface area contributed by atoms with Crippen molar-refractivity contribution in [2.45, 2.75) is 52.9 Å². The largest absolute Gasteiger partial charge is 0.322 e. The Balaban J connectivity index is 1.77. The number of nitrogens with zero attached hydrogens (tertiary/aromatic N) is 1. The van der Waals surface area contributed by atoms with Crippen molar-refractivity contribution in [2.75, 3.05) is 16.8 Å². The molecule has 0 atom stereocenters. The highest BCUT2D eigenvalue weighted by molar-refractivity contribution is 6.04. The van der Waals surface area contributed by atoms with Crippen LogP contribution in [0.2, 0.25) is 0 Å². The first-order chi connectivity index (χ1) is 13.2. The van der Waals surface area contributed by atoms with Gasteiger partial charge in [0.25, 0.3) is 5.91 Å². The maximum atomic E-state index is 12.6. The van der Waals surface area contributed by atoms with Crippen LogP contribution in [0.25, 0.3) is 0 Å². The van der Waals surface area contributed by atoms with Gasteiger partial charge in [0.1, 0.15) is 0 Å². The molecule has 1 aliphatic rings. The van der Waals surface area contributed by atoms with E-state index in [-0.39, 0.29) is 23.1 Å². The van der Waals surface area contributed by atoms with Crippen LogP contribution in [-0.2, 0) is 16.6 Å². The molecule has 2 aromatic carbocycles. The molecule has 0 saturated carbocycles. The summed E-state index contributed by atoms with van der Waals surface area (Å²) in [5.41, 5.74) is 4.75. The second-order valence-electron chi connectivity index (χ2n) is 8.87. The van der Waals surface area contributed by atoms with Crippen molar-refractivity contribution in [1.29, 1.82) is 0 Å². The maximum Gasteiger partial charge on any atom is 0.255 e. The van der Waals surface area contributed by atoms with Crippen LogP contribution < -0.4 is 10.2 Å². The van der Waals surface area contributed by atoms with Gasteiger partial charge in [0.2, 0.25) is 5.91 Å². The number of nitrogens with one attached hydrogen (secondary N) is 1. The van der Waals surface area contributed by atoms with Gasteiger partial charge in [0, 0.05) is 29.4 Å². The minimum Gasteiger partial charge on any atom is -0.322 e. The number of amides is 2. The third-order valence-corrected chi connectivity index (χ3v) is 5.23. The van der Waals surface area contributed by atoms with Crippen molar-refractivity contribution in [3.8, 4) is 0 Å². The Labute approximate surface area is 167 Å². The normalized spacial score (nSPS) is 14.0. The molecule has 0 radical (unpaired) electrons. The smallest absolute Gasteiger partial charge is 0.255 e. The zero-order valence-electron chi connectivity index (χ0n) is 17.5. The van der Waals surface area contributed by atoms with Crippen LogP contribution in [0.4, 0.5) is 11.4 Å².